The lowest BCUT2D eigenvalue weighted by atomic mass is 10.1. The Bertz CT molecular complexity index is 569. The number of hydrogen-bond acceptors (Lipinski definition) is 5. The standard InChI is InChI=1S/C13H16N4O/c1-8-7-10(5-6-11(8)18-4)12-13(14-3)15-9(2)16-17-12/h5-7H,1-4H3,(H,14,15,16). The molecule has 0 saturated heterocycles. The SMILES string of the molecule is CNc1nc(C)nnc1-c1ccc(OC)c(C)c1. The number of anilines is 1. The van der Waals surface area contributed by atoms with Gasteiger partial charge in [-0.3, -0.25) is 0 Å². The number of nitrogens with one attached hydrogen (secondary N) is 1. The summed E-state index contributed by atoms with van der Waals surface area (Å²) in [6.45, 7) is 3.81. The number of rotatable bonds is 3. The topological polar surface area (TPSA) is 59.9 Å². The van der Waals surface area contributed by atoms with Gasteiger partial charge in [-0.2, -0.15) is 0 Å². The van der Waals surface area contributed by atoms with Crippen LogP contribution >= 0.6 is 0 Å². The molecule has 0 saturated carbocycles. The van der Waals surface area contributed by atoms with Crippen molar-refractivity contribution in [3.8, 4) is 17.0 Å². The molecule has 0 radical (unpaired) electrons. The Morgan fingerprint density at radius 2 is 1.94 bits per heavy atom. The summed E-state index contributed by atoms with van der Waals surface area (Å²) in [5, 5.41) is 11.2. The van der Waals surface area contributed by atoms with Crippen LogP contribution in [0.4, 0.5) is 5.82 Å². The predicted octanol–water partition coefficient (Wildman–Crippen LogP) is 2.21. The summed E-state index contributed by atoms with van der Waals surface area (Å²) < 4.78 is 5.24. The average molecular weight is 244 g/mol. The lowest BCUT2D eigenvalue weighted by Gasteiger charge is -2.09. The maximum Gasteiger partial charge on any atom is 0.156 e. The van der Waals surface area contributed by atoms with Gasteiger partial charge in [0.15, 0.2) is 5.82 Å². The van der Waals surface area contributed by atoms with Crippen LogP contribution < -0.4 is 10.1 Å². The van der Waals surface area contributed by atoms with E-state index in [1.165, 1.54) is 0 Å². The Kier molecular flexibility index (Phi) is 3.41. The molecule has 1 N–H and O–H groups in total. The van der Waals surface area contributed by atoms with Crippen LogP contribution in [0.3, 0.4) is 0 Å². The van der Waals surface area contributed by atoms with E-state index in [1.54, 1.807) is 7.11 Å². The third-order valence-electron chi connectivity index (χ3n) is 2.70. The Balaban J connectivity index is 2.51. The average Bonchev–Trinajstić information content (AvgIpc) is 2.38. The zero-order valence-corrected chi connectivity index (χ0v) is 11.0. The van der Waals surface area contributed by atoms with Gasteiger partial charge < -0.3 is 10.1 Å². The molecule has 18 heavy (non-hydrogen) atoms. The zero-order valence-electron chi connectivity index (χ0n) is 11.0. The van der Waals surface area contributed by atoms with Crippen molar-refractivity contribution in [1.82, 2.24) is 15.2 Å². The molecule has 0 amide bonds. The van der Waals surface area contributed by atoms with Gasteiger partial charge in [0, 0.05) is 12.6 Å². The summed E-state index contributed by atoms with van der Waals surface area (Å²) in [5.41, 5.74) is 2.77. The molecule has 0 fully saturated rings. The van der Waals surface area contributed by atoms with Gasteiger partial charge in [-0.05, 0) is 37.6 Å². The normalized spacial score (nSPS) is 10.2. The molecule has 2 rings (SSSR count). The Morgan fingerprint density at radius 3 is 2.56 bits per heavy atom. The van der Waals surface area contributed by atoms with E-state index < -0.39 is 0 Å². The monoisotopic (exact) mass is 244 g/mol. The van der Waals surface area contributed by atoms with E-state index in [9.17, 15) is 0 Å². The smallest absolute Gasteiger partial charge is 0.156 e. The van der Waals surface area contributed by atoms with Crippen LogP contribution in [0.5, 0.6) is 5.75 Å². The number of methoxy groups -OCH3 is 1. The fourth-order valence-electron chi connectivity index (χ4n) is 1.80. The van der Waals surface area contributed by atoms with Gasteiger partial charge in [0.2, 0.25) is 0 Å². The van der Waals surface area contributed by atoms with E-state index in [-0.39, 0.29) is 0 Å². The van der Waals surface area contributed by atoms with Gasteiger partial charge in [0.1, 0.15) is 17.3 Å². The van der Waals surface area contributed by atoms with Crippen molar-refractivity contribution in [3.05, 3.63) is 29.6 Å². The first-order chi connectivity index (χ1) is 8.65. The van der Waals surface area contributed by atoms with Crippen LogP contribution in [0, 0.1) is 13.8 Å². The largest absolute Gasteiger partial charge is 0.496 e. The van der Waals surface area contributed by atoms with Gasteiger partial charge in [-0.15, -0.1) is 10.2 Å². The quantitative estimate of drug-likeness (QED) is 0.897. The Hall–Kier alpha value is -2.17. The minimum absolute atomic E-state index is 0.647. The molecule has 5 heteroatoms. The zero-order chi connectivity index (χ0) is 13.1. The number of aryl methyl sites for hydroxylation is 2. The van der Waals surface area contributed by atoms with Crippen LogP contribution in [0.15, 0.2) is 18.2 Å². The second-order valence-electron chi connectivity index (χ2n) is 3.99. The number of benzene rings is 1. The summed E-state index contributed by atoms with van der Waals surface area (Å²) in [5.74, 6) is 2.23. The van der Waals surface area contributed by atoms with E-state index in [2.05, 4.69) is 20.5 Å². The summed E-state index contributed by atoms with van der Waals surface area (Å²) in [6, 6.07) is 5.89. The Morgan fingerprint density at radius 1 is 1.17 bits per heavy atom. The molecule has 5 nitrogen and oxygen atoms in total. The maximum absolute atomic E-state index is 5.24. The first kappa shape index (κ1) is 12.3. The fourth-order valence-corrected chi connectivity index (χ4v) is 1.80. The van der Waals surface area contributed by atoms with E-state index in [0.29, 0.717) is 5.82 Å². The minimum atomic E-state index is 0.647. The third kappa shape index (κ3) is 2.25. The van der Waals surface area contributed by atoms with Crippen molar-refractivity contribution in [2.75, 3.05) is 19.5 Å². The summed E-state index contributed by atoms with van der Waals surface area (Å²) in [4.78, 5) is 4.32. The number of aromatic nitrogens is 3. The molecule has 0 unspecified atom stereocenters. The van der Waals surface area contributed by atoms with E-state index in [1.807, 2.05) is 39.1 Å². The molecule has 1 aromatic heterocycles. The van der Waals surface area contributed by atoms with Crippen molar-refractivity contribution < 1.29 is 4.74 Å². The number of ether oxygens (including phenoxy) is 1. The molecule has 2 aromatic rings. The maximum atomic E-state index is 5.24. The van der Waals surface area contributed by atoms with E-state index in [4.69, 9.17) is 4.74 Å². The molecular weight excluding hydrogens is 228 g/mol. The van der Waals surface area contributed by atoms with Crippen LogP contribution in [-0.2, 0) is 0 Å². The molecule has 1 heterocycles. The van der Waals surface area contributed by atoms with Crippen LogP contribution in [-0.4, -0.2) is 29.3 Å². The van der Waals surface area contributed by atoms with Crippen molar-refractivity contribution in [2.24, 2.45) is 0 Å². The molecule has 0 aliphatic heterocycles. The van der Waals surface area contributed by atoms with Gasteiger partial charge in [0.05, 0.1) is 7.11 Å². The van der Waals surface area contributed by atoms with Crippen molar-refractivity contribution >= 4 is 5.82 Å². The van der Waals surface area contributed by atoms with Crippen LogP contribution in [0.1, 0.15) is 11.4 Å². The van der Waals surface area contributed by atoms with Crippen molar-refractivity contribution in [3.63, 3.8) is 0 Å². The molecular formula is C13H16N4O. The highest BCUT2D eigenvalue weighted by Gasteiger charge is 2.10. The van der Waals surface area contributed by atoms with E-state index in [0.717, 1.165) is 28.4 Å². The lowest BCUT2D eigenvalue weighted by molar-refractivity contribution is 0.412. The number of nitrogens with zero attached hydrogens (tertiary/aromatic N) is 3. The molecule has 0 aliphatic carbocycles. The number of hydrogen-bond donors (Lipinski definition) is 1. The third-order valence-corrected chi connectivity index (χ3v) is 2.70. The molecule has 0 spiro atoms. The summed E-state index contributed by atoms with van der Waals surface area (Å²) >= 11 is 0. The first-order valence-corrected chi connectivity index (χ1v) is 5.69. The lowest BCUT2D eigenvalue weighted by Crippen LogP contribution is -2.03. The summed E-state index contributed by atoms with van der Waals surface area (Å²) in [7, 11) is 3.48. The highest BCUT2D eigenvalue weighted by molar-refractivity contribution is 5.71. The molecule has 0 atom stereocenters. The highest BCUT2D eigenvalue weighted by Crippen LogP contribution is 2.27. The van der Waals surface area contributed by atoms with E-state index >= 15 is 0 Å². The Labute approximate surface area is 106 Å². The first-order valence-electron chi connectivity index (χ1n) is 5.69. The minimum Gasteiger partial charge on any atom is -0.496 e. The molecule has 94 valence electrons. The fraction of sp³-hybridized carbons (Fsp3) is 0.308. The second kappa shape index (κ2) is 5.00. The van der Waals surface area contributed by atoms with Gasteiger partial charge >= 0.3 is 0 Å². The second-order valence-corrected chi connectivity index (χ2v) is 3.99. The molecule has 0 bridgehead atoms. The van der Waals surface area contributed by atoms with Gasteiger partial charge in [-0.25, -0.2) is 4.98 Å². The highest BCUT2D eigenvalue weighted by atomic mass is 16.5. The molecule has 0 aliphatic rings. The van der Waals surface area contributed by atoms with Crippen molar-refractivity contribution in [1.29, 1.82) is 0 Å². The molecule has 1 aromatic carbocycles. The van der Waals surface area contributed by atoms with Crippen LogP contribution in [0.25, 0.3) is 11.3 Å². The predicted molar refractivity (Wildman–Crippen MR) is 70.8 cm³/mol. The van der Waals surface area contributed by atoms with Gasteiger partial charge in [-0.1, -0.05) is 0 Å². The van der Waals surface area contributed by atoms with Crippen LogP contribution in [0.2, 0.25) is 0 Å². The van der Waals surface area contributed by atoms with Crippen molar-refractivity contribution in [2.45, 2.75) is 13.8 Å². The summed E-state index contributed by atoms with van der Waals surface area (Å²) in [6.07, 6.45) is 0. The van der Waals surface area contributed by atoms with Gasteiger partial charge in [0.25, 0.3) is 0 Å².